The predicted octanol–water partition coefficient (Wildman–Crippen LogP) is 1.76. The highest BCUT2D eigenvalue weighted by Gasteiger charge is 2.33. The molecule has 1 unspecified atom stereocenters. The van der Waals surface area contributed by atoms with Gasteiger partial charge < -0.3 is 5.32 Å². The molecule has 2 N–H and O–H groups in total. The Morgan fingerprint density at radius 3 is 2.75 bits per heavy atom. The molecule has 8 heteroatoms. The molecule has 2 aromatic rings. The van der Waals surface area contributed by atoms with Gasteiger partial charge >= 0.3 is 0 Å². The van der Waals surface area contributed by atoms with E-state index >= 15 is 0 Å². The molecule has 0 bridgehead atoms. The van der Waals surface area contributed by atoms with Crippen molar-refractivity contribution in [2.75, 3.05) is 18.4 Å². The molecule has 1 atom stereocenters. The first-order valence-corrected chi connectivity index (χ1v) is 9.27. The summed E-state index contributed by atoms with van der Waals surface area (Å²) in [6.07, 6.45) is 4.43. The minimum Gasteiger partial charge on any atom is -0.323 e. The summed E-state index contributed by atoms with van der Waals surface area (Å²) in [6, 6.07) is 6.78. The van der Waals surface area contributed by atoms with Crippen molar-refractivity contribution in [3.63, 3.8) is 0 Å². The Balaban J connectivity index is 1.72. The number of nitrogens with zero attached hydrogens (tertiary/aromatic N) is 2. The first kappa shape index (κ1) is 16.7. The van der Waals surface area contributed by atoms with Crippen LogP contribution in [-0.2, 0) is 14.8 Å². The number of aromatic nitrogens is 2. The van der Waals surface area contributed by atoms with E-state index in [0.29, 0.717) is 25.1 Å². The van der Waals surface area contributed by atoms with E-state index in [4.69, 9.17) is 0 Å². The second kappa shape index (κ2) is 6.74. The molecule has 1 aromatic carbocycles. The minimum atomic E-state index is -3.57. The summed E-state index contributed by atoms with van der Waals surface area (Å²) in [6.45, 7) is 2.54. The summed E-state index contributed by atoms with van der Waals surface area (Å²) in [5, 5.41) is 9.16. The Hall–Kier alpha value is -2.19. The Labute approximate surface area is 141 Å². The molecule has 0 aliphatic carbocycles. The monoisotopic (exact) mass is 348 g/mol. The number of hydrogen-bond acceptors (Lipinski definition) is 4. The molecule has 1 fully saturated rings. The van der Waals surface area contributed by atoms with Crippen molar-refractivity contribution in [3.05, 3.63) is 42.2 Å². The van der Waals surface area contributed by atoms with E-state index in [1.807, 2.05) is 6.92 Å². The fourth-order valence-corrected chi connectivity index (χ4v) is 4.32. The van der Waals surface area contributed by atoms with E-state index in [2.05, 4.69) is 15.5 Å². The first-order valence-electron chi connectivity index (χ1n) is 7.83. The van der Waals surface area contributed by atoms with Crippen LogP contribution in [0.2, 0.25) is 0 Å². The molecule has 3 rings (SSSR count). The number of rotatable bonds is 4. The number of piperidine rings is 1. The summed E-state index contributed by atoms with van der Waals surface area (Å²) in [4.78, 5) is 12.6. The molecular formula is C16H20N4O3S. The van der Waals surface area contributed by atoms with E-state index in [1.54, 1.807) is 30.5 Å². The van der Waals surface area contributed by atoms with Gasteiger partial charge in [0.05, 0.1) is 22.7 Å². The number of benzene rings is 1. The molecule has 1 aromatic heterocycles. The molecule has 128 valence electrons. The van der Waals surface area contributed by atoms with E-state index < -0.39 is 10.0 Å². The van der Waals surface area contributed by atoms with Crippen molar-refractivity contribution < 1.29 is 13.2 Å². The summed E-state index contributed by atoms with van der Waals surface area (Å²) < 4.78 is 26.9. The van der Waals surface area contributed by atoms with Crippen LogP contribution in [0, 0.1) is 12.8 Å². The molecule has 1 saturated heterocycles. The highest BCUT2D eigenvalue weighted by atomic mass is 32.2. The van der Waals surface area contributed by atoms with Crippen molar-refractivity contribution >= 4 is 21.6 Å². The van der Waals surface area contributed by atoms with Crippen LogP contribution in [0.25, 0.3) is 0 Å². The zero-order chi connectivity index (χ0) is 17.2. The Bertz CT molecular complexity index is 800. The van der Waals surface area contributed by atoms with Gasteiger partial charge in [-0.15, -0.1) is 0 Å². The van der Waals surface area contributed by atoms with Crippen LogP contribution < -0.4 is 5.32 Å². The third-order valence-electron chi connectivity index (χ3n) is 4.18. The van der Waals surface area contributed by atoms with E-state index in [0.717, 1.165) is 5.56 Å². The van der Waals surface area contributed by atoms with Crippen molar-refractivity contribution in [2.24, 2.45) is 5.92 Å². The number of nitrogens with one attached hydrogen (secondary N) is 2. The van der Waals surface area contributed by atoms with Gasteiger partial charge in [0.1, 0.15) is 0 Å². The molecular weight excluding hydrogens is 328 g/mol. The number of carbonyl (C=O) groups is 1. The lowest BCUT2D eigenvalue weighted by atomic mass is 9.99. The van der Waals surface area contributed by atoms with Gasteiger partial charge in [-0.1, -0.05) is 17.7 Å². The minimum absolute atomic E-state index is 0.180. The molecule has 0 spiro atoms. The van der Waals surface area contributed by atoms with Crippen molar-refractivity contribution in [1.29, 1.82) is 0 Å². The summed E-state index contributed by atoms with van der Waals surface area (Å²) in [7, 11) is -3.57. The predicted molar refractivity (Wildman–Crippen MR) is 89.9 cm³/mol. The van der Waals surface area contributed by atoms with Crippen LogP contribution in [-0.4, -0.2) is 41.9 Å². The van der Waals surface area contributed by atoms with Crippen LogP contribution in [0.5, 0.6) is 0 Å². The quantitative estimate of drug-likeness (QED) is 0.880. The smallest absolute Gasteiger partial charge is 0.243 e. The normalized spacial score (nSPS) is 19.1. The van der Waals surface area contributed by atoms with Gasteiger partial charge in [0.15, 0.2) is 0 Å². The second-order valence-corrected chi connectivity index (χ2v) is 7.93. The Morgan fingerprint density at radius 2 is 2.08 bits per heavy atom. The number of H-pyrrole nitrogens is 1. The van der Waals surface area contributed by atoms with Crippen LogP contribution >= 0.6 is 0 Å². The highest BCUT2D eigenvalue weighted by Crippen LogP contribution is 2.24. The lowest BCUT2D eigenvalue weighted by Crippen LogP contribution is -2.43. The number of aryl methyl sites for hydroxylation is 1. The van der Waals surface area contributed by atoms with Gasteiger partial charge in [-0.2, -0.15) is 9.40 Å². The summed E-state index contributed by atoms with van der Waals surface area (Å²) in [5.74, 6) is -0.547. The molecule has 2 heterocycles. The van der Waals surface area contributed by atoms with Crippen molar-refractivity contribution in [2.45, 2.75) is 24.7 Å². The zero-order valence-electron chi connectivity index (χ0n) is 13.4. The van der Waals surface area contributed by atoms with Crippen LogP contribution in [0.15, 0.2) is 41.6 Å². The molecule has 24 heavy (non-hydrogen) atoms. The average molecular weight is 348 g/mol. The van der Waals surface area contributed by atoms with Crippen molar-refractivity contribution in [1.82, 2.24) is 14.5 Å². The third kappa shape index (κ3) is 3.49. The fraction of sp³-hybridized carbons (Fsp3) is 0.375. The first-order chi connectivity index (χ1) is 11.5. The maximum Gasteiger partial charge on any atom is 0.243 e. The van der Waals surface area contributed by atoms with Crippen molar-refractivity contribution in [3.8, 4) is 0 Å². The molecule has 0 radical (unpaired) electrons. The maximum absolute atomic E-state index is 12.8. The number of amides is 1. The lowest BCUT2D eigenvalue weighted by molar-refractivity contribution is -0.120. The topological polar surface area (TPSA) is 95.2 Å². The molecule has 1 aliphatic rings. The largest absolute Gasteiger partial charge is 0.323 e. The van der Waals surface area contributed by atoms with Crippen LogP contribution in [0.4, 0.5) is 5.69 Å². The second-order valence-electron chi connectivity index (χ2n) is 5.99. The van der Waals surface area contributed by atoms with Gasteiger partial charge in [-0.05, 0) is 31.9 Å². The number of hydrogen-bond donors (Lipinski definition) is 2. The van der Waals surface area contributed by atoms with Gasteiger partial charge in [0, 0.05) is 19.3 Å². The van der Waals surface area contributed by atoms with Gasteiger partial charge in [-0.3, -0.25) is 9.89 Å². The summed E-state index contributed by atoms with van der Waals surface area (Å²) in [5.41, 5.74) is 1.59. The van der Waals surface area contributed by atoms with Gasteiger partial charge in [-0.25, -0.2) is 8.42 Å². The number of aromatic amines is 1. The summed E-state index contributed by atoms with van der Waals surface area (Å²) >= 11 is 0. The molecule has 1 amide bonds. The third-order valence-corrected chi connectivity index (χ3v) is 6.06. The standard InChI is InChI=1S/C16H20N4O3S/c1-12-4-6-15(7-5-12)24(22,23)20-8-2-3-13(11-20)16(21)19-14-9-17-18-10-14/h4-7,9-10,13H,2-3,8,11H2,1H3,(H,17,18)(H,19,21). The number of anilines is 1. The SMILES string of the molecule is Cc1ccc(S(=O)(=O)N2CCCC(C(=O)Nc3cn[nH]c3)C2)cc1. The van der Waals surface area contributed by atoms with Gasteiger partial charge in [0.25, 0.3) is 0 Å². The molecule has 7 nitrogen and oxygen atoms in total. The highest BCUT2D eigenvalue weighted by molar-refractivity contribution is 7.89. The Kier molecular flexibility index (Phi) is 4.68. The average Bonchev–Trinajstić information content (AvgIpc) is 3.08. The maximum atomic E-state index is 12.8. The lowest BCUT2D eigenvalue weighted by Gasteiger charge is -2.31. The fourth-order valence-electron chi connectivity index (χ4n) is 2.80. The zero-order valence-corrected chi connectivity index (χ0v) is 14.2. The van der Waals surface area contributed by atoms with Gasteiger partial charge in [0.2, 0.25) is 15.9 Å². The molecule has 0 saturated carbocycles. The number of sulfonamides is 1. The van der Waals surface area contributed by atoms with E-state index in [1.165, 1.54) is 10.5 Å². The van der Waals surface area contributed by atoms with E-state index in [9.17, 15) is 13.2 Å². The van der Waals surface area contributed by atoms with Crippen LogP contribution in [0.1, 0.15) is 18.4 Å². The Morgan fingerprint density at radius 1 is 1.33 bits per heavy atom. The van der Waals surface area contributed by atoms with Crippen LogP contribution in [0.3, 0.4) is 0 Å². The molecule has 1 aliphatic heterocycles. The number of carbonyl (C=O) groups excluding carboxylic acids is 1. The van der Waals surface area contributed by atoms with E-state index in [-0.39, 0.29) is 23.3 Å².